The van der Waals surface area contributed by atoms with Crippen LogP contribution in [0.2, 0.25) is 0 Å². The van der Waals surface area contributed by atoms with Gasteiger partial charge in [-0.15, -0.1) is 0 Å². The lowest BCUT2D eigenvalue weighted by atomic mass is 10.1. The number of ether oxygens (including phenoxy) is 2. The highest BCUT2D eigenvalue weighted by atomic mass is 16.5. The number of allylic oxidation sites excluding steroid dienone is 2. The number of hydrogen-bond acceptors (Lipinski definition) is 5. The van der Waals surface area contributed by atoms with Crippen LogP contribution < -0.4 is 5.32 Å². The summed E-state index contributed by atoms with van der Waals surface area (Å²) in [4.78, 5) is 7.83. The van der Waals surface area contributed by atoms with Gasteiger partial charge in [-0.3, -0.25) is 0 Å². The van der Waals surface area contributed by atoms with Gasteiger partial charge in [-0.1, -0.05) is 58.9 Å². The topological polar surface area (TPSA) is 79.4 Å². The molecule has 0 aliphatic rings. The molecule has 2 aromatic carbocycles. The highest BCUT2D eigenvalue weighted by Gasteiger charge is 2.08. The molecule has 3 N–H and O–H groups in total. The Kier molecular flexibility index (Phi) is 16.5. The maximum absolute atomic E-state index is 8.99. The molecule has 0 fully saturated rings. The largest absolute Gasteiger partial charge is 0.493 e. The van der Waals surface area contributed by atoms with Crippen LogP contribution in [-0.4, -0.2) is 36.0 Å². The van der Waals surface area contributed by atoms with Crippen LogP contribution in [0.3, 0.4) is 0 Å². The minimum Gasteiger partial charge on any atom is -0.493 e. The summed E-state index contributed by atoms with van der Waals surface area (Å²) in [7, 11) is 3.28. The monoisotopic (exact) mass is 455 g/mol. The molecule has 0 atom stereocenters. The van der Waals surface area contributed by atoms with Crippen molar-refractivity contribution < 1.29 is 14.6 Å². The second-order valence-electron chi connectivity index (χ2n) is 6.02. The summed E-state index contributed by atoms with van der Waals surface area (Å²) in [6.07, 6.45) is 4.81. The number of hydrogen-bond donors (Lipinski definition) is 3. The van der Waals surface area contributed by atoms with Gasteiger partial charge in [0, 0.05) is 11.3 Å². The van der Waals surface area contributed by atoms with Gasteiger partial charge in [0.15, 0.2) is 11.5 Å². The third-order valence-corrected chi connectivity index (χ3v) is 4.18. The number of aromatic amines is 1. The summed E-state index contributed by atoms with van der Waals surface area (Å²) in [5.41, 5.74) is 3.75. The molecule has 0 bridgehead atoms. The van der Waals surface area contributed by atoms with Crippen molar-refractivity contribution in [3.63, 3.8) is 0 Å². The van der Waals surface area contributed by atoms with Crippen LogP contribution in [0.5, 0.6) is 0 Å². The molecule has 1 aromatic heterocycles. The van der Waals surface area contributed by atoms with Crippen molar-refractivity contribution in [1.82, 2.24) is 9.97 Å². The molecular weight excluding hydrogens is 414 g/mol. The Morgan fingerprint density at radius 2 is 1.58 bits per heavy atom. The molecule has 0 aliphatic heterocycles. The number of aliphatic hydroxyl groups excluding tert-OH is 1. The normalized spacial score (nSPS) is 10.6. The first kappa shape index (κ1) is 29.8. The average Bonchev–Trinajstić information content (AvgIpc) is 3.32. The number of benzene rings is 2. The molecule has 0 amide bonds. The fourth-order valence-corrected chi connectivity index (χ4v) is 2.84. The molecule has 0 saturated heterocycles. The predicted molar refractivity (Wildman–Crippen MR) is 141 cm³/mol. The van der Waals surface area contributed by atoms with Gasteiger partial charge in [-0.2, -0.15) is 0 Å². The number of methoxy groups -OCH3 is 2. The Bertz CT molecular complexity index is 929. The van der Waals surface area contributed by atoms with E-state index in [4.69, 9.17) is 14.6 Å². The maximum Gasteiger partial charge on any atom is 0.156 e. The quantitative estimate of drug-likeness (QED) is 0.201. The highest BCUT2D eigenvalue weighted by Crippen LogP contribution is 2.27. The van der Waals surface area contributed by atoms with Crippen molar-refractivity contribution >= 4 is 16.7 Å². The van der Waals surface area contributed by atoms with Crippen LogP contribution in [0.4, 0.5) is 5.69 Å². The fraction of sp³-hybridized carbons (Fsp3) is 0.370. The Morgan fingerprint density at radius 1 is 0.970 bits per heavy atom. The van der Waals surface area contributed by atoms with Crippen LogP contribution in [0, 0.1) is 0 Å². The lowest BCUT2D eigenvalue weighted by Crippen LogP contribution is -2.01. The zero-order valence-corrected chi connectivity index (χ0v) is 21.4. The Morgan fingerprint density at radius 3 is 2.12 bits per heavy atom. The number of fused-ring (bicyclic) bond motifs is 1. The lowest BCUT2D eigenvalue weighted by molar-refractivity contribution is 0.219. The van der Waals surface area contributed by atoms with Crippen molar-refractivity contribution in [3.8, 4) is 11.4 Å². The fourth-order valence-electron chi connectivity index (χ4n) is 2.84. The van der Waals surface area contributed by atoms with E-state index in [-0.39, 0.29) is 6.73 Å². The summed E-state index contributed by atoms with van der Waals surface area (Å²) >= 11 is 0. The first-order valence-corrected chi connectivity index (χ1v) is 11.5. The number of anilines is 1. The first-order valence-electron chi connectivity index (χ1n) is 11.5. The van der Waals surface area contributed by atoms with Crippen LogP contribution in [-0.2, 0) is 9.47 Å². The third-order valence-electron chi connectivity index (χ3n) is 4.18. The second-order valence-corrected chi connectivity index (χ2v) is 6.02. The van der Waals surface area contributed by atoms with Crippen LogP contribution in [0.1, 0.15) is 48.0 Å². The number of para-hydroxylation sites is 3. The molecule has 6 heteroatoms. The van der Waals surface area contributed by atoms with E-state index in [2.05, 4.69) is 22.2 Å². The zero-order chi connectivity index (χ0) is 25.1. The minimum atomic E-state index is -0.1000. The molecule has 3 rings (SSSR count). The Balaban J connectivity index is 0.000000593. The van der Waals surface area contributed by atoms with Gasteiger partial charge in [0.05, 0.1) is 25.3 Å². The van der Waals surface area contributed by atoms with Crippen molar-refractivity contribution in [2.75, 3.05) is 26.3 Å². The highest BCUT2D eigenvalue weighted by molar-refractivity contribution is 5.82. The van der Waals surface area contributed by atoms with Gasteiger partial charge in [0.2, 0.25) is 0 Å². The summed E-state index contributed by atoms with van der Waals surface area (Å²) in [6, 6.07) is 15.7. The molecule has 3 aromatic rings. The molecule has 0 unspecified atom stereocenters. The number of aliphatic hydroxyl groups is 1. The Labute approximate surface area is 199 Å². The molecule has 0 saturated carbocycles. The van der Waals surface area contributed by atoms with E-state index >= 15 is 0 Å². The molecule has 1 heterocycles. The Hall–Kier alpha value is -3.25. The zero-order valence-electron chi connectivity index (χ0n) is 21.4. The summed E-state index contributed by atoms with van der Waals surface area (Å²) in [6.45, 7) is 11.9. The predicted octanol–water partition coefficient (Wildman–Crippen LogP) is 7.12. The van der Waals surface area contributed by atoms with E-state index in [0.29, 0.717) is 0 Å². The van der Waals surface area contributed by atoms with Gasteiger partial charge in [-0.25, -0.2) is 4.98 Å². The number of H-pyrrole nitrogens is 1. The molecule has 0 spiro atoms. The number of nitrogens with one attached hydrogen (secondary N) is 2. The molecule has 182 valence electrons. The molecular formula is C27H41N3O3. The van der Waals surface area contributed by atoms with Gasteiger partial charge >= 0.3 is 0 Å². The number of rotatable bonds is 7. The molecule has 33 heavy (non-hydrogen) atoms. The number of aromatic nitrogens is 2. The van der Waals surface area contributed by atoms with Gasteiger partial charge in [0.25, 0.3) is 0 Å². The van der Waals surface area contributed by atoms with Crippen LogP contribution in [0.25, 0.3) is 22.4 Å². The van der Waals surface area contributed by atoms with Crippen molar-refractivity contribution in [1.29, 1.82) is 0 Å². The summed E-state index contributed by atoms with van der Waals surface area (Å²) in [5.74, 6) is 2.39. The molecule has 0 radical (unpaired) electrons. The van der Waals surface area contributed by atoms with E-state index in [1.165, 1.54) is 0 Å². The first-order chi connectivity index (χ1) is 16.2. The van der Waals surface area contributed by atoms with E-state index < -0.39 is 0 Å². The minimum absolute atomic E-state index is 0.1000. The lowest BCUT2D eigenvalue weighted by Gasteiger charge is -2.08. The van der Waals surface area contributed by atoms with E-state index in [1.54, 1.807) is 14.2 Å². The van der Waals surface area contributed by atoms with Crippen LogP contribution >= 0.6 is 0 Å². The number of nitrogens with zero attached hydrogens (tertiary/aromatic N) is 1. The maximum atomic E-state index is 8.99. The van der Waals surface area contributed by atoms with E-state index in [1.807, 2.05) is 95.3 Å². The molecule has 0 aliphatic carbocycles. The second kappa shape index (κ2) is 18.3. The van der Waals surface area contributed by atoms with Gasteiger partial charge in [0.1, 0.15) is 12.6 Å². The summed E-state index contributed by atoms with van der Waals surface area (Å²) in [5, 5.41) is 11.9. The SMILES string of the molecule is C/C=C(OC)\C(=C/CC)OC.CC.CC.OCNc1ccccc1-c1nc2ccccc2[nH]1. The van der Waals surface area contributed by atoms with Crippen molar-refractivity contribution in [2.45, 2.75) is 48.0 Å². The van der Waals surface area contributed by atoms with Gasteiger partial charge < -0.3 is 24.9 Å². The number of imidazole rings is 1. The van der Waals surface area contributed by atoms with Crippen LogP contribution in [0.15, 0.2) is 72.2 Å². The van der Waals surface area contributed by atoms with E-state index in [0.717, 1.165) is 46.0 Å². The summed E-state index contributed by atoms with van der Waals surface area (Å²) < 4.78 is 10.2. The van der Waals surface area contributed by atoms with Crippen molar-refractivity contribution in [3.05, 3.63) is 72.2 Å². The average molecular weight is 456 g/mol. The smallest absolute Gasteiger partial charge is 0.156 e. The van der Waals surface area contributed by atoms with Crippen molar-refractivity contribution in [2.24, 2.45) is 0 Å². The van der Waals surface area contributed by atoms with Gasteiger partial charge in [-0.05, 0) is 49.8 Å². The third kappa shape index (κ3) is 9.41. The molecule has 6 nitrogen and oxygen atoms in total. The standard InChI is InChI=1S/C14H13N3O.C9H16O2.2C2H6/c18-9-15-11-6-2-1-5-10(11)14-16-12-7-3-4-8-13(12)17-14;1-5-7-9(11-4)8(6-2)10-3;2*1-2/h1-8,15,18H,9H2,(H,16,17);6-7H,5H2,1-4H3;2*1-2H3/b;8-6+,9-7+;;. The van der Waals surface area contributed by atoms with E-state index in [9.17, 15) is 0 Å².